The largest absolute Gasteiger partial charge is 0.457 e. The number of benzene rings is 1. The standard InChI is InChI=1S/C18H21N3O3/c1-10-9-13(12-7-6-8-14-16(12)21-24-20-14)15(11(2)19-10)17(22)23-18(3,4)5/h6-9,13,19H,1-5H3. The fraction of sp³-hybridized carbons (Fsp3) is 0.389. The van der Waals surface area contributed by atoms with Crippen molar-refractivity contribution in [1.82, 2.24) is 15.6 Å². The molecule has 6 heteroatoms. The summed E-state index contributed by atoms with van der Waals surface area (Å²) in [5.41, 5.74) is 3.95. The maximum absolute atomic E-state index is 12.8. The number of allylic oxidation sites excluding steroid dienone is 3. The monoisotopic (exact) mass is 327 g/mol. The zero-order chi connectivity index (χ0) is 17.5. The number of esters is 1. The highest BCUT2D eigenvalue weighted by Crippen LogP contribution is 2.36. The van der Waals surface area contributed by atoms with Crippen LogP contribution in [0.3, 0.4) is 0 Å². The molecule has 0 aliphatic carbocycles. The van der Waals surface area contributed by atoms with Gasteiger partial charge in [-0.15, -0.1) is 0 Å². The predicted molar refractivity (Wildman–Crippen MR) is 90.0 cm³/mol. The van der Waals surface area contributed by atoms with E-state index in [4.69, 9.17) is 9.37 Å². The van der Waals surface area contributed by atoms with Gasteiger partial charge in [-0.3, -0.25) is 0 Å². The van der Waals surface area contributed by atoms with Gasteiger partial charge in [0.15, 0.2) is 0 Å². The van der Waals surface area contributed by atoms with E-state index in [1.807, 2.05) is 58.9 Å². The molecule has 0 amide bonds. The summed E-state index contributed by atoms with van der Waals surface area (Å²) in [7, 11) is 0. The van der Waals surface area contributed by atoms with Crippen LogP contribution in [-0.4, -0.2) is 21.9 Å². The Hall–Kier alpha value is -2.63. The summed E-state index contributed by atoms with van der Waals surface area (Å²) < 4.78 is 10.5. The molecule has 3 rings (SSSR count). The second-order valence-corrected chi connectivity index (χ2v) is 6.97. The number of rotatable bonds is 2. The highest BCUT2D eigenvalue weighted by Gasteiger charge is 2.32. The van der Waals surface area contributed by atoms with E-state index < -0.39 is 5.60 Å². The minimum absolute atomic E-state index is 0.267. The summed E-state index contributed by atoms with van der Waals surface area (Å²) >= 11 is 0. The fourth-order valence-corrected chi connectivity index (χ4v) is 2.91. The molecule has 1 atom stereocenters. The molecule has 0 radical (unpaired) electrons. The molecule has 24 heavy (non-hydrogen) atoms. The van der Waals surface area contributed by atoms with Crippen molar-refractivity contribution in [2.24, 2.45) is 0 Å². The van der Waals surface area contributed by atoms with Crippen LogP contribution in [0.4, 0.5) is 0 Å². The molecule has 0 bridgehead atoms. The van der Waals surface area contributed by atoms with Crippen LogP contribution in [0, 0.1) is 0 Å². The third kappa shape index (κ3) is 3.04. The Morgan fingerprint density at radius 3 is 2.71 bits per heavy atom. The predicted octanol–water partition coefficient (Wildman–Crippen LogP) is 3.43. The van der Waals surface area contributed by atoms with Crippen LogP contribution in [0.2, 0.25) is 0 Å². The van der Waals surface area contributed by atoms with Crippen molar-refractivity contribution in [3.63, 3.8) is 0 Å². The van der Waals surface area contributed by atoms with Crippen LogP contribution < -0.4 is 5.32 Å². The smallest absolute Gasteiger partial charge is 0.337 e. The Kier molecular flexibility index (Phi) is 3.91. The average molecular weight is 327 g/mol. The Balaban J connectivity index is 2.10. The molecule has 1 N–H and O–H groups in total. The molecule has 6 nitrogen and oxygen atoms in total. The summed E-state index contributed by atoms with van der Waals surface area (Å²) in [6.07, 6.45) is 2.00. The van der Waals surface area contributed by atoms with E-state index in [0.717, 1.165) is 17.0 Å². The van der Waals surface area contributed by atoms with Gasteiger partial charge in [-0.25, -0.2) is 9.42 Å². The molecule has 1 aromatic heterocycles. The number of ether oxygens (including phenoxy) is 1. The molecule has 0 fully saturated rings. The first kappa shape index (κ1) is 16.2. The topological polar surface area (TPSA) is 77.2 Å². The zero-order valence-electron chi connectivity index (χ0n) is 14.5. The Morgan fingerprint density at radius 2 is 2.00 bits per heavy atom. The molecule has 1 aromatic carbocycles. The molecular weight excluding hydrogens is 306 g/mol. The summed E-state index contributed by atoms with van der Waals surface area (Å²) in [6.45, 7) is 9.41. The summed E-state index contributed by atoms with van der Waals surface area (Å²) in [5, 5.41) is 11.1. The van der Waals surface area contributed by atoms with E-state index in [0.29, 0.717) is 16.6 Å². The van der Waals surface area contributed by atoms with Gasteiger partial charge in [-0.2, -0.15) is 0 Å². The maximum Gasteiger partial charge on any atom is 0.337 e. The first-order valence-corrected chi connectivity index (χ1v) is 7.87. The number of nitrogens with zero attached hydrogens (tertiary/aromatic N) is 2. The van der Waals surface area contributed by atoms with E-state index in [-0.39, 0.29) is 11.9 Å². The number of hydrogen-bond donors (Lipinski definition) is 1. The van der Waals surface area contributed by atoms with Crippen LogP contribution in [0.5, 0.6) is 0 Å². The van der Waals surface area contributed by atoms with Crippen molar-refractivity contribution < 1.29 is 14.2 Å². The Bertz CT molecular complexity index is 856. The Labute approximate surface area is 140 Å². The van der Waals surface area contributed by atoms with Gasteiger partial charge >= 0.3 is 5.97 Å². The molecular formula is C18H21N3O3. The van der Waals surface area contributed by atoms with Crippen molar-refractivity contribution in [3.8, 4) is 0 Å². The van der Waals surface area contributed by atoms with E-state index in [2.05, 4.69) is 15.6 Å². The first-order valence-electron chi connectivity index (χ1n) is 7.87. The number of nitrogens with one attached hydrogen (secondary N) is 1. The van der Waals surface area contributed by atoms with Gasteiger partial charge in [0.25, 0.3) is 0 Å². The van der Waals surface area contributed by atoms with Crippen LogP contribution in [0.1, 0.15) is 46.1 Å². The minimum atomic E-state index is -0.563. The molecule has 126 valence electrons. The van der Waals surface area contributed by atoms with Crippen LogP contribution in [-0.2, 0) is 9.53 Å². The zero-order valence-corrected chi connectivity index (χ0v) is 14.5. The molecule has 1 aliphatic heterocycles. The lowest BCUT2D eigenvalue weighted by molar-refractivity contribution is -0.150. The number of dihydropyridines is 1. The third-order valence-electron chi connectivity index (χ3n) is 3.79. The molecule has 0 saturated heterocycles. The molecule has 0 spiro atoms. The third-order valence-corrected chi connectivity index (χ3v) is 3.79. The Morgan fingerprint density at radius 1 is 1.25 bits per heavy atom. The summed E-state index contributed by atoms with van der Waals surface area (Å²) in [4.78, 5) is 12.8. The van der Waals surface area contributed by atoms with Crippen molar-refractivity contribution in [3.05, 3.63) is 46.8 Å². The van der Waals surface area contributed by atoms with Gasteiger partial charge in [0.1, 0.15) is 16.6 Å². The maximum atomic E-state index is 12.8. The lowest BCUT2D eigenvalue weighted by atomic mass is 9.86. The van der Waals surface area contributed by atoms with E-state index in [1.54, 1.807) is 0 Å². The number of aromatic nitrogens is 2. The van der Waals surface area contributed by atoms with E-state index >= 15 is 0 Å². The lowest BCUT2D eigenvalue weighted by Crippen LogP contribution is -2.30. The first-order chi connectivity index (χ1) is 11.3. The lowest BCUT2D eigenvalue weighted by Gasteiger charge is -2.28. The summed E-state index contributed by atoms with van der Waals surface area (Å²) in [5.74, 6) is -0.605. The van der Waals surface area contributed by atoms with Crippen molar-refractivity contribution in [2.45, 2.75) is 46.1 Å². The van der Waals surface area contributed by atoms with Crippen molar-refractivity contribution in [2.75, 3.05) is 0 Å². The van der Waals surface area contributed by atoms with Gasteiger partial charge in [0, 0.05) is 17.3 Å². The number of hydrogen-bond acceptors (Lipinski definition) is 6. The van der Waals surface area contributed by atoms with Gasteiger partial charge in [-0.05, 0) is 56.6 Å². The van der Waals surface area contributed by atoms with Gasteiger partial charge in [0.05, 0.1) is 5.57 Å². The summed E-state index contributed by atoms with van der Waals surface area (Å²) in [6, 6.07) is 5.65. The van der Waals surface area contributed by atoms with E-state index in [1.165, 1.54) is 0 Å². The minimum Gasteiger partial charge on any atom is -0.457 e. The molecule has 0 saturated carbocycles. The second kappa shape index (κ2) is 5.78. The van der Waals surface area contributed by atoms with Crippen LogP contribution in [0.15, 0.2) is 45.9 Å². The number of carbonyl (C=O) groups is 1. The quantitative estimate of drug-likeness (QED) is 0.852. The van der Waals surface area contributed by atoms with Crippen LogP contribution in [0.25, 0.3) is 11.0 Å². The molecule has 2 heterocycles. The molecule has 2 aromatic rings. The SMILES string of the molecule is CC1=CC(c2cccc3nonc23)C(C(=O)OC(C)(C)C)=C(C)N1. The molecule has 1 unspecified atom stereocenters. The fourth-order valence-electron chi connectivity index (χ4n) is 2.91. The van der Waals surface area contributed by atoms with Gasteiger partial charge in [0.2, 0.25) is 0 Å². The van der Waals surface area contributed by atoms with Crippen LogP contribution >= 0.6 is 0 Å². The normalized spacial score (nSPS) is 18.4. The van der Waals surface area contributed by atoms with Crippen molar-refractivity contribution >= 4 is 17.0 Å². The highest BCUT2D eigenvalue weighted by atomic mass is 16.6. The average Bonchev–Trinajstić information content (AvgIpc) is 2.92. The highest BCUT2D eigenvalue weighted by molar-refractivity contribution is 5.94. The van der Waals surface area contributed by atoms with Crippen molar-refractivity contribution in [1.29, 1.82) is 0 Å². The van der Waals surface area contributed by atoms with Gasteiger partial charge in [-0.1, -0.05) is 18.2 Å². The number of carbonyl (C=O) groups excluding carboxylic acids is 1. The number of fused-ring (bicyclic) bond motifs is 1. The van der Waals surface area contributed by atoms with Gasteiger partial charge < -0.3 is 10.1 Å². The van der Waals surface area contributed by atoms with E-state index in [9.17, 15) is 4.79 Å². The second-order valence-electron chi connectivity index (χ2n) is 6.97. The molecule has 1 aliphatic rings.